The number of nitrogens with one attached hydrogen (secondary N) is 3. The minimum atomic E-state index is -0.678. The first-order valence-electron chi connectivity index (χ1n) is 12.4. The van der Waals surface area contributed by atoms with Gasteiger partial charge in [0.15, 0.2) is 0 Å². The summed E-state index contributed by atoms with van der Waals surface area (Å²) in [5, 5.41) is 9.66. The molecule has 1 aromatic carbocycles. The van der Waals surface area contributed by atoms with E-state index in [1.54, 1.807) is 18.9 Å². The zero-order chi connectivity index (χ0) is 24.8. The van der Waals surface area contributed by atoms with E-state index in [-0.39, 0.29) is 18.4 Å². The molecule has 0 radical (unpaired) electrons. The summed E-state index contributed by atoms with van der Waals surface area (Å²) in [5.74, 6) is -0.548. The summed E-state index contributed by atoms with van der Waals surface area (Å²) < 4.78 is 5.30. The number of benzene rings is 1. The number of esters is 1. The molecule has 1 aromatic heterocycles. The molecule has 0 saturated carbocycles. The number of nitrogens with zero attached hydrogens (tertiary/aromatic N) is 1. The van der Waals surface area contributed by atoms with E-state index in [1.807, 2.05) is 30.3 Å². The van der Waals surface area contributed by atoms with Crippen LogP contribution in [0.5, 0.6) is 0 Å². The van der Waals surface area contributed by atoms with Crippen LogP contribution in [0.1, 0.15) is 53.4 Å². The third-order valence-electron chi connectivity index (χ3n) is 6.76. The van der Waals surface area contributed by atoms with Crippen molar-refractivity contribution in [3.05, 3.63) is 46.3 Å². The van der Waals surface area contributed by atoms with E-state index in [4.69, 9.17) is 4.74 Å². The van der Waals surface area contributed by atoms with Crippen LogP contribution in [-0.4, -0.2) is 50.7 Å². The molecule has 0 bridgehead atoms. The van der Waals surface area contributed by atoms with Gasteiger partial charge in [0, 0.05) is 17.6 Å². The van der Waals surface area contributed by atoms with Crippen molar-refractivity contribution in [2.45, 2.75) is 51.5 Å². The maximum absolute atomic E-state index is 13.5. The highest BCUT2D eigenvalue weighted by molar-refractivity contribution is 7.17. The molecule has 9 heteroatoms. The second-order valence-electron chi connectivity index (χ2n) is 9.03. The SMILES string of the molecule is CCOC(=O)c1c(NC(=O)NC(C(=O)N(C)c2ccccc2)C2CCNCC2)sc2c1CCCC2. The molecule has 1 aliphatic carbocycles. The average Bonchev–Trinajstić information content (AvgIpc) is 3.25. The minimum Gasteiger partial charge on any atom is -0.462 e. The number of rotatable bonds is 7. The van der Waals surface area contributed by atoms with Gasteiger partial charge < -0.3 is 20.3 Å². The number of likely N-dealkylation sites (N-methyl/N-ethyl adjacent to an activating group) is 1. The fourth-order valence-electron chi connectivity index (χ4n) is 4.90. The second kappa shape index (κ2) is 11.7. The Balaban J connectivity index is 1.55. The maximum Gasteiger partial charge on any atom is 0.341 e. The number of amides is 3. The quantitative estimate of drug-likeness (QED) is 0.502. The molecule has 1 aliphatic heterocycles. The van der Waals surface area contributed by atoms with Gasteiger partial charge in [0.2, 0.25) is 5.91 Å². The summed E-state index contributed by atoms with van der Waals surface area (Å²) in [6.45, 7) is 3.65. The molecule has 1 atom stereocenters. The van der Waals surface area contributed by atoms with Gasteiger partial charge in [0.05, 0.1) is 12.2 Å². The Morgan fingerprint density at radius 2 is 1.86 bits per heavy atom. The van der Waals surface area contributed by atoms with Crippen molar-refractivity contribution in [2.75, 3.05) is 37.0 Å². The van der Waals surface area contributed by atoms with Crippen LogP contribution in [0.25, 0.3) is 0 Å². The lowest BCUT2D eigenvalue weighted by atomic mass is 9.89. The standard InChI is InChI=1S/C26H34N4O4S/c1-3-34-25(32)21-19-11-7-8-12-20(19)35-23(21)29-26(33)28-22(17-13-15-27-16-14-17)24(31)30(2)18-9-5-4-6-10-18/h4-6,9-10,17,22,27H,3,7-8,11-16H2,1-2H3,(H2,28,29,33). The van der Waals surface area contributed by atoms with Crippen LogP contribution < -0.4 is 20.9 Å². The number of hydrogen-bond acceptors (Lipinski definition) is 6. The fourth-order valence-corrected chi connectivity index (χ4v) is 6.17. The van der Waals surface area contributed by atoms with E-state index < -0.39 is 18.0 Å². The van der Waals surface area contributed by atoms with Gasteiger partial charge in [0.25, 0.3) is 0 Å². The van der Waals surface area contributed by atoms with E-state index in [2.05, 4.69) is 16.0 Å². The topological polar surface area (TPSA) is 99.8 Å². The summed E-state index contributed by atoms with van der Waals surface area (Å²) in [6.07, 6.45) is 5.37. The Morgan fingerprint density at radius 1 is 1.14 bits per heavy atom. The van der Waals surface area contributed by atoms with Crippen LogP contribution in [0.3, 0.4) is 0 Å². The minimum absolute atomic E-state index is 0.0155. The molecule has 188 valence electrons. The number of carbonyl (C=O) groups is 3. The van der Waals surface area contributed by atoms with Crippen LogP contribution in [-0.2, 0) is 22.4 Å². The fraction of sp³-hybridized carbons (Fsp3) is 0.500. The Morgan fingerprint density at radius 3 is 2.57 bits per heavy atom. The zero-order valence-electron chi connectivity index (χ0n) is 20.4. The molecule has 0 spiro atoms. The summed E-state index contributed by atoms with van der Waals surface area (Å²) in [6, 6.07) is 8.26. The number of ether oxygens (including phenoxy) is 1. The van der Waals surface area contributed by atoms with Crippen molar-refractivity contribution in [2.24, 2.45) is 5.92 Å². The molecular weight excluding hydrogens is 464 g/mol. The number of thiophene rings is 1. The highest BCUT2D eigenvalue weighted by atomic mass is 32.1. The van der Waals surface area contributed by atoms with Crippen molar-refractivity contribution < 1.29 is 19.1 Å². The number of hydrogen-bond donors (Lipinski definition) is 3. The monoisotopic (exact) mass is 498 g/mol. The Hall–Kier alpha value is -2.91. The van der Waals surface area contributed by atoms with Gasteiger partial charge in [-0.15, -0.1) is 11.3 Å². The third-order valence-corrected chi connectivity index (χ3v) is 7.97. The lowest BCUT2D eigenvalue weighted by Crippen LogP contribution is -2.54. The molecule has 1 saturated heterocycles. The molecule has 2 aromatic rings. The van der Waals surface area contributed by atoms with Gasteiger partial charge in [0.1, 0.15) is 11.0 Å². The molecule has 35 heavy (non-hydrogen) atoms. The van der Waals surface area contributed by atoms with Gasteiger partial charge in [-0.2, -0.15) is 0 Å². The number of carbonyl (C=O) groups excluding carboxylic acids is 3. The van der Waals surface area contributed by atoms with Gasteiger partial charge >= 0.3 is 12.0 Å². The van der Waals surface area contributed by atoms with Gasteiger partial charge in [-0.1, -0.05) is 18.2 Å². The number of aryl methyl sites for hydroxylation is 1. The summed E-state index contributed by atoms with van der Waals surface area (Å²) in [4.78, 5) is 42.2. The van der Waals surface area contributed by atoms with Gasteiger partial charge in [-0.25, -0.2) is 9.59 Å². The van der Waals surface area contributed by atoms with Crippen LogP contribution in [0, 0.1) is 5.92 Å². The van der Waals surface area contributed by atoms with E-state index in [0.29, 0.717) is 10.6 Å². The third kappa shape index (κ3) is 5.85. The van der Waals surface area contributed by atoms with Crippen molar-refractivity contribution in [3.8, 4) is 0 Å². The summed E-state index contributed by atoms with van der Waals surface area (Å²) >= 11 is 1.44. The van der Waals surface area contributed by atoms with Crippen molar-refractivity contribution in [1.29, 1.82) is 0 Å². The Bertz CT molecular complexity index is 1050. The zero-order valence-corrected chi connectivity index (χ0v) is 21.2. The summed E-state index contributed by atoms with van der Waals surface area (Å²) in [5.41, 5.74) is 2.23. The Kier molecular flexibility index (Phi) is 8.41. The summed E-state index contributed by atoms with van der Waals surface area (Å²) in [7, 11) is 1.73. The normalized spacial score (nSPS) is 16.6. The smallest absolute Gasteiger partial charge is 0.341 e. The second-order valence-corrected chi connectivity index (χ2v) is 10.1. The lowest BCUT2D eigenvalue weighted by molar-refractivity contribution is -0.121. The molecule has 8 nitrogen and oxygen atoms in total. The van der Waals surface area contributed by atoms with Crippen molar-refractivity contribution >= 4 is 39.9 Å². The molecule has 2 aliphatic rings. The molecule has 2 heterocycles. The number of para-hydroxylation sites is 1. The Labute approximate surface area is 210 Å². The number of piperidine rings is 1. The van der Waals surface area contributed by atoms with Crippen LogP contribution in [0.2, 0.25) is 0 Å². The van der Waals surface area contributed by atoms with Gasteiger partial charge in [-0.05, 0) is 82.2 Å². The van der Waals surface area contributed by atoms with Crippen LogP contribution >= 0.6 is 11.3 Å². The predicted molar refractivity (Wildman–Crippen MR) is 138 cm³/mol. The highest BCUT2D eigenvalue weighted by Gasteiger charge is 2.34. The van der Waals surface area contributed by atoms with Crippen molar-refractivity contribution in [1.82, 2.24) is 10.6 Å². The van der Waals surface area contributed by atoms with Crippen LogP contribution in [0.4, 0.5) is 15.5 Å². The first-order valence-corrected chi connectivity index (χ1v) is 13.2. The number of anilines is 2. The van der Waals surface area contributed by atoms with E-state index in [0.717, 1.165) is 67.7 Å². The van der Waals surface area contributed by atoms with E-state index in [9.17, 15) is 14.4 Å². The molecular formula is C26H34N4O4S. The first kappa shape index (κ1) is 25.2. The average molecular weight is 499 g/mol. The van der Waals surface area contributed by atoms with Crippen molar-refractivity contribution in [3.63, 3.8) is 0 Å². The van der Waals surface area contributed by atoms with E-state index >= 15 is 0 Å². The highest BCUT2D eigenvalue weighted by Crippen LogP contribution is 2.38. The van der Waals surface area contributed by atoms with Crippen LogP contribution in [0.15, 0.2) is 30.3 Å². The molecule has 4 rings (SSSR count). The molecule has 1 fully saturated rings. The van der Waals surface area contributed by atoms with Gasteiger partial charge in [-0.3, -0.25) is 10.1 Å². The first-order chi connectivity index (χ1) is 17.0. The molecule has 3 N–H and O–H groups in total. The molecule has 3 amide bonds. The largest absolute Gasteiger partial charge is 0.462 e. The number of fused-ring (bicyclic) bond motifs is 1. The lowest BCUT2D eigenvalue weighted by Gasteiger charge is -2.33. The number of urea groups is 1. The predicted octanol–water partition coefficient (Wildman–Crippen LogP) is 3.96. The molecule has 1 unspecified atom stereocenters. The van der Waals surface area contributed by atoms with E-state index in [1.165, 1.54) is 11.3 Å². The maximum atomic E-state index is 13.5.